The Bertz CT molecular complexity index is 1610. The van der Waals surface area contributed by atoms with Gasteiger partial charge in [-0.05, 0) is 43.9 Å². The van der Waals surface area contributed by atoms with Crippen molar-refractivity contribution >= 4 is 28.5 Å². The number of fused-ring (bicyclic) bond motifs is 2. The molecule has 4 aromatic heterocycles. The molecule has 0 saturated heterocycles. The molecule has 2 atom stereocenters. The lowest BCUT2D eigenvalue weighted by Gasteiger charge is -2.21. The van der Waals surface area contributed by atoms with Gasteiger partial charge < -0.3 is 19.3 Å². The molecule has 1 N–H and O–H groups in total. The maximum absolute atomic E-state index is 12.8. The van der Waals surface area contributed by atoms with Crippen molar-refractivity contribution < 1.29 is 14.6 Å². The van der Waals surface area contributed by atoms with Crippen molar-refractivity contribution in [1.29, 1.82) is 0 Å². The molecule has 1 unspecified atom stereocenters. The van der Waals surface area contributed by atoms with E-state index in [2.05, 4.69) is 31.7 Å². The summed E-state index contributed by atoms with van der Waals surface area (Å²) in [4.78, 5) is 24.5. The van der Waals surface area contributed by atoms with Crippen molar-refractivity contribution in [3.05, 3.63) is 78.2 Å². The number of hydrogen-bond donors (Lipinski definition) is 1. The number of rotatable bonds is 7. The molecule has 0 radical (unpaired) electrons. The fourth-order valence-corrected chi connectivity index (χ4v) is 5.43. The number of aromatic nitrogens is 5. The number of anilines is 1. The summed E-state index contributed by atoms with van der Waals surface area (Å²) < 4.78 is 9.08. The van der Waals surface area contributed by atoms with Gasteiger partial charge in [-0.15, -0.1) is 0 Å². The van der Waals surface area contributed by atoms with E-state index in [0.29, 0.717) is 23.4 Å². The van der Waals surface area contributed by atoms with E-state index in [1.54, 1.807) is 17.6 Å². The molecule has 9 nitrogen and oxygen atoms in total. The van der Waals surface area contributed by atoms with Crippen LogP contribution in [0.3, 0.4) is 0 Å². The first-order valence-electron chi connectivity index (χ1n) is 13.0. The Labute approximate surface area is 220 Å². The van der Waals surface area contributed by atoms with E-state index in [1.165, 1.54) is 6.20 Å². The molecular formula is C29H30N6O3. The van der Waals surface area contributed by atoms with Gasteiger partial charge in [-0.25, -0.2) is 14.8 Å². The second kappa shape index (κ2) is 9.90. The van der Waals surface area contributed by atoms with Gasteiger partial charge >= 0.3 is 5.97 Å². The highest BCUT2D eigenvalue weighted by Gasteiger charge is 2.29. The van der Waals surface area contributed by atoms with Crippen molar-refractivity contribution in [2.45, 2.75) is 44.9 Å². The van der Waals surface area contributed by atoms with Crippen LogP contribution in [0.4, 0.5) is 5.82 Å². The summed E-state index contributed by atoms with van der Waals surface area (Å²) in [6.45, 7) is 2.69. The third kappa shape index (κ3) is 4.18. The number of benzene rings is 1. The van der Waals surface area contributed by atoms with Crippen molar-refractivity contribution in [2.24, 2.45) is 0 Å². The largest absolute Gasteiger partial charge is 0.462 e. The average Bonchev–Trinajstić information content (AvgIpc) is 3.65. The van der Waals surface area contributed by atoms with Gasteiger partial charge in [0.25, 0.3) is 0 Å². The van der Waals surface area contributed by atoms with E-state index >= 15 is 0 Å². The number of hydrogen-bond acceptors (Lipinski definition) is 7. The Morgan fingerprint density at radius 3 is 2.76 bits per heavy atom. The lowest BCUT2D eigenvalue weighted by molar-refractivity contribution is 0.0528. The predicted molar refractivity (Wildman–Crippen MR) is 145 cm³/mol. The Morgan fingerprint density at radius 1 is 1.16 bits per heavy atom. The van der Waals surface area contributed by atoms with Crippen molar-refractivity contribution in [1.82, 2.24) is 24.1 Å². The summed E-state index contributed by atoms with van der Waals surface area (Å²) >= 11 is 0. The molecule has 1 saturated carbocycles. The maximum Gasteiger partial charge on any atom is 0.343 e. The van der Waals surface area contributed by atoms with Gasteiger partial charge in [-0.3, -0.25) is 0 Å². The minimum absolute atomic E-state index is 0.0323. The van der Waals surface area contributed by atoms with Gasteiger partial charge in [0, 0.05) is 43.0 Å². The van der Waals surface area contributed by atoms with Crippen LogP contribution in [0.25, 0.3) is 27.9 Å². The van der Waals surface area contributed by atoms with Crippen LogP contribution in [-0.4, -0.2) is 55.0 Å². The van der Waals surface area contributed by atoms with E-state index in [-0.39, 0.29) is 12.6 Å². The maximum atomic E-state index is 12.8. The minimum atomic E-state index is -0.456. The molecule has 1 aromatic carbocycles. The zero-order chi connectivity index (χ0) is 26.2. The Kier molecular flexibility index (Phi) is 6.29. The Morgan fingerprint density at radius 2 is 2.00 bits per heavy atom. The third-order valence-corrected chi connectivity index (χ3v) is 7.27. The summed E-state index contributed by atoms with van der Waals surface area (Å²) in [5.41, 5.74) is 4.30. The number of aliphatic hydroxyl groups is 1. The fourth-order valence-electron chi connectivity index (χ4n) is 5.43. The van der Waals surface area contributed by atoms with Crippen LogP contribution in [0.15, 0.2) is 67.1 Å². The summed E-state index contributed by atoms with van der Waals surface area (Å²) in [5, 5.41) is 16.1. The molecular weight excluding hydrogens is 480 g/mol. The topological polar surface area (TPSA) is 97.8 Å². The molecule has 9 heteroatoms. The number of carbonyl (C=O) groups is 1. The number of ether oxygens (including phenoxy) is 1. The molecule has 0 spiro atoms. The number of pyridine rings is 1. The second-order valence-corrected chi connectivity index (χ2v) is 9.75. The molecule has 1 aliphatic rings. The SMILES string of the molecule is CCOC(=O)c1cnn2c(N(C)Cc3ccccc3)cc(-c3cn(C4CCC[C@H]4O)c4ncccc34)nc12. The van der Waals surface area contributed by atoms with Crippen molar-refractivity contribution in [3.63, 3.8) is 0 Å². The van der Waals surface area contributed by atoms with Crippen LogP contribution >= 0.6 is 0 Å². The van der Waals surface area contributed by atoms with E-state index in [9.17, 15) is 9.90 Å². The second-order valence-electron chi connectivity index (χ2n) is 9.75. The summed E-state index contributed by atoms with van der Waals surface area (Å²) in [6, 6.07) is 16.1. The van der Waals surface area contributed by atoms with Gasteiger partial charge in [-0.2, -0.15) is 9.61 Å². The van der Waals surface area contributed by atoms with Gasteiger partial charge in [0.15, 0.2) is 5.65 Å². The Balaban J connectivity index is 1.54. The van der Waals surface area contributed by atoms with E-state index in [0.717, 1.165) is 47.2 Å². The smallest absolute Gasteiger partial charge is 0.343 e. The van der Waals surface area contributed by atoms with Gasteiger partial charge in [0.05, 0.1) is 30.6 Å². The van der Waals surface area contributed by atoms with Gasteiger partial charge in [-0.1, -0.05) is 30.3 Å². The standard InChI is InChI=1S/C29H30N6O3/c1-3-38-29(37)21-16-31-35-26(33(2)17-19-9-5-4-6-10-19)15-23(32-28(21)35)22-18-34(24-12-7-13-25(24)36)27-20(22)11-8-14-30-27/h4-6,8-11,14-16,18,24-25,36H,3,7,12-13,17H2,1-2H3/t24?,25-/m1/s1. The molecule has 0 bridgehead atoms. The van der Waals surface area contributed by atoms with Crippen LogP contribution in [-0.2, 0) is 11.3 Å². The van der Waals surface area contributed by atoms with E-state index in [4.69, 9.17) is 9.72 Å². The van der Waals surface area contributed by atoms with Crippen LogP contribution < -0.4 is 4.90 Å². The summed E-state index contributed by atoms with van der Waals surface area (Å²) in [6.07, 6.45) is 7.58. The number of carbonyl (C=O) groups excluding carboxylic acids is 1. The molecule has 6 rings (SSSR count). The van der Waals surface area contributed by atoms with Crippen molar-refractivity contribution in [2.75, 3.05) is 18.6 Å². The first-order valence-corrected chi connectivity index (χ1v) is 13.0. The van der Waals surface area contributed by atoms with Crippen molar-refractivity contribution in [3.8, 4) is 11.3 Å². The highest BCUT2D eigenvalue weighted by atomic mass is 16.5. The molecule has 38 heavy (non-hydrogen) atoms. The van der Waals surface area contributed by atoms with E-state index in [1.807, 2.05) is 49.6 Å². The van der Waals surface area contributed by atoms with Gasteiger partial charge in [0.1, 0.15) is 17.0 Å². The quantitative estimate of drug-likeness (QED) is 0.319. The number of nitrogens with zero attached hydrogens (tertiary/aromatic N) is 6. The van der Waals surface area contributed by atoms with Gasteiger partial charge in [0.2, 0.25) is 0 Å². The summed E-state index contributed by atoms with van der Waals surface area (Å²) in [5.74, 6) is 0.331. The zero-order valence-corrected chi connectivity index (χ0v) is 21.5. The minimum Gasteiger partial charge on any atom is -0.462 e. The van der Waals surface area contributed by atoms with E-state index < -0.39 is 12.1 Å². The van der Waals surface area contributed by atoms with Crippen LogP contribution in [0.5, 0.6) is 0 Å². The highest BCUT2D eigenvalue weighted by Crippen LogP contribution is 2.38. The monoisotopic (exact) mass is 510 g/mol. The molecule has 4 heterocycles. The first-order chi connectivity index (χ1) is 18.5. The average molecular weight is 511 g/mol. The lowest BCUT2D eigenvalue weighted by Crippen LogP contribution is -2.20. The highest BCUT2D eigenvalue weighted by molar-refractivity contribution is 5.98. The molecule has 0 aliphatic heterocycles. The molecule has 1 fully saturated rings. The molecule has 1 aliphatic carbocycles. The molecule has 5 aromatic rings. The fraction of sp³-hybridized carbons (Fsp3) is 0.310. The lowest BCUT2D eigenvalue weighted by atomic mass is 10.1. The normalized spacial score (nSPS) is 17.3. The molecule has 194 valence electrons. The van der Waals surface area contributed by atoms with Crippen LogP contribution in [0, 0.1) is 0 Å². The number of aliphatic hydroxyl groups excluding tert-OH is 1. The molecule has 0 amide bonds. The zero-order valence-electron chi connectivity index (χ0n) is 21.5. The predicted octanol–water partition coefficient (Wildman–Crippen LogP) is 4.65. The first kappa shape index (κ1) is 24.1. The Hall–Kier alpha value is -4.24. The third-order valence-electron chi connectivity index (χ3n) is 7.27. The summed E-state index contributed by atoms with van der Waals surface area (Å²) in [7, 11) is 2.00. The number of esters is 1. The van der Waals surface area contributed by atoms with Crippen LogP contribution in [0.2, 0.25) is 0 Å². The van der Waals surface area contributed by atoms with Crippen LogP contribution in [0.1, 0.15) is 48.1 Å².